The number of nitrogens with one attached hydrogen (secondary N) is 1. The Morgan fingerprint density at radius 2 is 2.18 bits per heavy atom. The Morgan fingerprint density at radius 1 is 1.35 bits per heavy atom. The van der Waals surface area contributed by atoms with E-state index in [0.717, 1.165) is 24.4 Å². The lowest BCUT2D eigenvalue weighted by Gasteiger charge is -2.21. The van der Waals surface area contributed by atoms with E-state index >= 15 is 0 Å². The van der Waals surface area contributed by atoms with Gasteiger partial charge in [0.2, 0.25) is 0 Å². The van der Waals surface area contributed by atoms with Crippen LogP contribution in [0.3, 0.4) is 0 Å². The maximum absolute atomic E-state index is 3.61. The molecule has 2 heteroatoms. The lowest BCUT2D eigenvalue weighted by atomic mass is 9.89. The molecule has 1 aromatic carbocycles. The van der Waals surface area contributed by atoms with E-state index in [-0.39, 0.29) is 0 Å². The predicted octanol–water partition coefficient (Wildman–Crippen LogP) is 4.02. The van der Waals surface area contributed by atoms with Crippen LogP contribution in [0.1, 0.15) is 32.3 Å². The van der Waals surface area contributed by atoms with Crippen molar-refractivity contribution >= 4 is 15.9 Å². The molecule has 0 aromatic heterocycles. The Bertz CT molecular complexity index is 364. The van der Waals surface area contributed by atoms with Gasteiger partial charge in [0.05, 0.1) is 0 Å². The zero-order valence-corrected chi connectivity index (χ0v) is 12.3. The van der Waals surface area contributed by atoms with Crippen molar-refractivity contribution in [1.82, 2.24) is 5.32 Å². The minimum absolute atomic E-state index is 0.733. The van der Waals surface area contributed by atoms with Gasteiger partial charge in [0.1, 0.15) is 0 Å². The summed E-state index contributed by atoms with van der Waals surface area (Å²) >= 11 is 3.55. The van der Waals surface area contributed by atoms with Crippen molar-refractivity contribution in [3.63, 3.8) is 0 Å². The van der Waals surface area contributed by atoms with E-state index in [9.17, 15) is 0 Å². The first kappa shape index (κ1) is 13.1. The summed E-state index contributed by atoms with van der Waals surface area (Å²) in [6.07, 6.45) is 3.93. The first-order valence-corrected chi connectivity index (χ1v) is 7.47. The van der Waals surface area contributed by atoms with Crippen LogP contribution in [0.4, 0.5) is 0 Å². The molecule has 0 saturated heterocycles. The van der Waals surface area contributed by atoms with Gasteiger partial charge in [-0.15, -0.1) is 0 Å². The molecular weight excluding hydrogens is 274 g/mol. The van der Waals surface area contributed by atoms with Crippen LogP contribution < -0.4 is 5.32 Å². The second-order valence-corrected chi connectivity index (χ2v) is 6.11. The maximum Gasteiger partial charge on any atom is 0.0177 e. The highest BCUT2D eigenvalue weighted by molar-refractivity contribution is 9.10. The summed E-state index contributed by atoms with van der Waals surface area (Å²) < 4.78 is 1.20. The standard InChI is InChI=1S/C15H22BrN/c1-3-17-15-8-7-13(11(15)2)9-12-5-4-6-14(16)10-12/h4-6,10-11,13,15,17H,3,7-9H2,1-2H3. The van der Waals surface area contributed by atoms with Gasteiger partial charge in [-0.1, -0.05) is 41.9 Å². The van der Waals surface area contributed by atoms with Crippen molar-refractivity contribution in [2.75, 3.05) is 6.54 Å². The molecule has 1 fully saturated rings. The highest BCUT2D eigenvalue weighted by Gasteiger charge is 2.31. The molecule has 1 saturated carbocycles. The van der Waals surface area contributed by atoms with Crippen LogP contribution in [0.25, 0.3) is 0 Å². The Balaban J connectivity index is 1.96. The third kappa shape index (κ3) is 3.32. The molecule has 3 atom stereocenters. The van der Waals surface area contributed by atoms with Crippen molar-refractivity contribution in [3.05, 3.63) is 34.3 Å². The van der Waals surface area contributed by atoms with Gasteiger partial charge in [0, 0.05) is 10.5 Å². The molecule has 1 aromatic rings. The highest BCUT2D eigenvalue weighted by atomic mass is 79.9. The van der Waals surface area contributed by atoms with E-state index in [1.54, 1.807) is 0 Å². The molecule has 0 bridgehead atoms. The average Bonchev–Trinajstić information content (AvgIpc) is 2.62. The smallest absolute Gasteiger partial charge is 0.0177 e. The molecule has 0 aliphatic heterocycles. The lowest BCUT2D eigenvalue weighted by molar-refractivity contribution is 0.355. The first-order valence-electron chi connectivity index (χ1n) is 6.68. The van der Waals surface area contributed by atoms with Gasteiger partial charge in [-0.2, -0.15) is 0 Å². The minimum Gasteiger partial charge on any atom is -0.314 e. The summed E-state index contributed by atoms with van der Waals surface area (Å²) in [7, 11) is 0. The quantitative estimate of drug-likeness (QED) is 0.885. The van der Waals surface area contributed by atoms with Crippen molar-refractivity contribution in [2.45, 2.75) is 39.2 Å². The number of halogens is 1. The van der Waals surface area contributed by atoms with Gasteiger partial charge >= 0.3 is 0 Å². The second-order valence-electron chi connectivity index (χ2n) is 5.19. The predicted molar refractivity (Wildman–Crippen MR) is 77.2 cm³/mol. The average molecular weight is 296 g/mol. The second kappa shape index (κ2) is 6.01. The van der Waals surface area contributed by atoms with E-state index in [4.69, 9.17) is 0 Å². The monoisotopic (exact) mass is 295 g/mol. The van der Waals surface area contributed by atoms with Crippen LogP contribution in [0.15, 0.2) is 28.7 Å². The van der Waals surface area contributed by atoms with Crippen molar-refractivity contribution in [2.24, 2.45) is 11.8 Å². The van der Waals surface area contributed by atoms with E-state index in [1.165, 1.54) is 29.3 Å². The van der Waals surface area contributed by atoms with Gasteiger partial charge in [0.25, 0.3) is 0 Å². The molecule has 1 N–H and O–H groups in total. The number of rotatable bonds is 4. The molecule has 0 heterocycles. The molecule has 94 valence electrons. The van der Waals surface area contributed by atoms with Crippen LogP contribution in [-0.2, 0) is 6.42 Å². The Labute approximate surface area is 113 Å². The Kier molecular flexibility index (Phi) is 4.63. The van der Waals surface area contributed by atoms with Crippen molar-refractivity contribution in [1.29, 1.82) is 0 Å². The Hall–Kier alpha value is -0.340. The summed E-state index contributed by atoms with van der Waals surface area (Å²) in [5, 5.41) is 3.61. The van der Waals surface area contributed by atoms with Gasteiger partial charge in [0.15, 0.2) is 0 Å². The van der Waals surface area contributed by atoms with Gasteiger partial charge < -0.3 is 5.32 Å². The van der Waals surface area contributed by atoms with Crippen molar-refractivity contribution < 1.29 is 0 Å². The van der Waals surface area contributed by atoms with E-state index in [2.05, 4.69) is 59.4 Å². The van der Waals surface area contributed by atoms with Gasteiger partial charge in [-0.3, -0.25) is 0 Å². The molecule has 1 aliphatic rings. The highest BCUT2D eigenvalue weighted by Crippen LogP contribution is 2.34. The zero-order valence-electron chi connectivity index (χ0n) is 10.7. The molecule has 1 nitrogen and oxygen atoms in total. The first-order chi connectivity index (χ1) is 8.20. The van der Waals surface area contributed by atoms with E-state index in [1.807, 2.05) is 0 Å². The van der Waals surface area contributed by atoms with E-state index < -0.39 is 0 Å². The molecule has 0 radical (unpaired) electrons. The summed E-state index contributed by atoms with van der Waals surface area (Å²) in [6, 6.07) is 9.48. The lowest BCUT2D eigenvalue weighted by Crippen LogP contribution is -2.32. The molecule has 1 aliphatic carbocycles. The van der Waals surface area contributed by atoms with Crippen LogP contribution in [-0.4, -0.2) is 12.6 Å². The van der Waals surface area contributed by atoms with Gasteiger partial charge in [-0.25, -0.2) is 0 Å². The maximum atomic E-state index is 3.61. The molecule has 2 rings (SSSR count). The molecule has 17 heavy (non-hydrogen) atoms. The largest absolute Gasteiger partial charge is 0.314 e. The van der Waals surface area contributed by atoms with E-state index in [0.29, 0.717) is 0 Å². The molecule has 0 spiro atoms. The molecule has 3 unspecified atom stereocenters. The Morgan fingerprint density at radius 3 is 2.88 bits per heavy atom. The van der Waals surface area contributed by atoms with Crippen LogP contribution >= 0.6 is 15.9 Å². The minimum atomic E-state index is 0.733. The number of hydrogen-bond donors (Lipinski definition) is 1. The summed E-state index contributed by atoms with van der Waals surface area (Å²) in [5.41, 5.74) is 1.47. The van der Waals surface area contributed by atoms with Crippen LogP contribution in [0, 0.1) is 11.8 Å². The summed E-state index contributed by atoms with van der Waals surface area (Å²) in [6.45, 7) is 5.70. The SMILES string of the molecule is CCNC1CCC(Cc2cccc(Br)c2)C1C. The van der Waals surface area contributed by atoms with Gasteiger partial charge in [-0.05, 0) is 55.3 Å². The fourth-order valence-electron chi connectivity index (χ4n) is 3.05. The fourth-order valence-corrected chi connectivity index (χ4v) is 3.50. The number of benzene rings is 1. The zero-order chi connectivity index (χ0) is 12.3. The summed E-state index contributed by atoms with van der Waals surface area (Å²) in [4.78, 5) is 0. The van der Waals surface area contributed by atoms with Crippen LogP contribution in [0.5, 0.6) is 0 Å². The normalized spacial score (nSPS) is 28.5. The number of hydrogen-bond acceptors (Lipinski definition) is 1. The molecular formula is C15H22BrN. The molecule has 0 amide bonds. The van der Waals surface area contributed by atoms with Crippen LogP contribution in [0.2, 0.25) is 0 Å². The summed E-state index contributed by atoms with van der Waals surface area (Å²) in [5.74, 6) is 1.64. The topological polar surface area (TPSA) is 12.0 Å². The third-order valence-electron chi connectivity index (χ3n) is 4.08. The fraction of sp³-hybridized carbons (Fsp3) is 0.600. The third-order valence-corrected chi connectivity index (χ3v) is 4.57. The van der Waals surface area contributed by atoms with Crippen molar-refractivity contribution in [3.8, 4) is 0 Å².